The molecule has 130 valence electrons. The number of benzene rings is 1. The van der Waals surface area contributed by atoms with E-state index in [1.165, 1.54) is 0 Å². The summed E-state index contributed by atoms with van der Waals surface area (Å²) >= 11 is 5.91. The van der Waals surface area contributed by atoms with Crippen molar-refractivity contribution in [2.24, 2.45) is 5.41 Å². The number of amides is 1. The summed E-state index contributed by atoms with van der Waals surface area (Å²) in [6.07, 6.45) is 0. The Bertz CT molecular complexity index is 946. The number of aromatic nitrogens is 3. The van der Waals surface area contributed by atoms with Crippen molar-refractivity contribution in [1.29, 1.82) is 0 Å². The molecule has 0 unspecified atom stereocenters. The van der Waals surface area contributed by atoms with E-state index in [4.69, 9.17) is 16.6 Å². The van der Waals surface area contributed by atoms with Crippen LogP contribution in [0.3, 0.4) is 0 Å². The van der Waals surface area contributed by atoms with Gasteiger partial charge in [0.1, 0.15) is 5.82 Å². The maximum absolute atomic E-state index is 12.5. The summed E-state index contributed by atoms with van der Waals surface area (Å²) in [7, 11) is 0. The molecule has 25 heavy (non-hydrogen) atoms. The third kappa shape index (κ3) is 3.37. The molecule has 1 N–H and O–H groups in total. The van der Waals surface area contributed by atoms with E-state index in [-0.39, 0.29) is 11.8 Å². The first kappa shape index (κ1) is 17.4. The highest BCUT2D eigenvalue weighted by Gasteiger charge is 2.27. The Labute approximate surface area is 152 Å². The number of carbonyl (C=O) groups excluding carboxylic acids is 1. The third-order valence-corrected chi connectivity index (χ3v) is 4.82. The van der Waals surface area contributed by atoms with Crippen molar-refractivity contribution in [3.8, 4) is 5.82 Å². The Hall–Kier alpha value is -2.40. The minimum atomic E-state index is -0.669. The van der Waals surface area contributed by atoms with Crippen LogP contribution in [0.4, 0.5) is 5.82 Å². The van der Waals surface area contributed by atoms with Gasteiger partial charge in [0.25, 0.3) is 0 Å². The normalized spacial score (nSPS) is 11.7. The molecule has 0 aliphatic carbocycles. The van der Waals surface area contributed by atoms with Gasteiger partial charge in [-0.15, -0.1) is 11.6 Å². The van der Waals surface area contributed by atoms with Crippen molar-refractivity contribution < 1.29 is 4.79 Å². The van der Waals surface area contributed by atoms with Crippen LogP contribution in [0.1, 0.15) is 25.1 Å². The van der Waals surface area contributed by atoms with Gasteiger partial charge in [-0.05, 0) is 45.4 Å². The Balaban J connectivity index is 2.06. The van der Waals surface area contributed by atoms with Crippen LogP contribution < -0.4 is 5.32 Å². The van der Waals surface area contributed by atoms with Crippen LogP contribution in [0.15, 0.2) is 36.4 Å². The van der Waals surface area contributed by atoms with Gasteiger partial charge in [-0.3, -0.25) is 4.79 Å². The average molecular weight is 357 g/mol. The lowest BCUT2D eigenvalue weighted by Crippen LogP contribution is -2.33. The highest BCUT2D eigenvalue weighted by molar-refractivity contribution is 6.20. The molecule has 5 nitrogen and oxygen atoms in total. The van der Waals surface area contributed by atoms with E-state index >= 15 is 0 Å². The van der Waals surface area contributed by atoms with Crippen molar-refractivity contribution in [1.82, 2.24) is 14.8 Å². The Kier molecular flexibility index (Phi) is 4.52. The minimum Gasteiger partial charge on any atom is -0.310 e. The van der Waals surface area contributed by atoms with E-state index in [0.717, 1.165) is 22.2 Å². The van der Waals surface area contributed by atoms with Gasteiger partial charge < -0.3 is 5.32 Å². The van der Waals surface area contributed by atoms with Crippen LogP contribution in [-0.2, 0) is 4.79 Å². The van der Waals surface area contributed by atoms with Crippen LogP contribution in [-0.4, -0.2) is 26.6 Å². The Morgan fingerprint density at radius 3 is 2.68 bits per heavy atom. The fourth-order valence-electron chi connectivity index (χ4n) is 2.55. The lowest BCUT2D eigenvalue weighted by Gasteiger charge is -2.20. The summed E-state index contributed by atoms with van der Waals surface area (Å²) < 4.78 is 1.66. The van der Waals surface area contributed by atoms with Crippen molar-refractivity contribution in [2.45, 2.75) is 27.7 Å². The monoisotopic (exact) mass is 356 g/mol. The van der Waals surface area contributed by atoms with Gasteiger partial charge in [0.05, 0.1) is 16.6 Å². The fraction of sp³-hybridized carbons (Fsp3) is 0.316. The maximum Gasteiger partial charge on any atom is 0.232 e. The number of nitrogens with zero attached hydrogens (tertiary/aromatic N) is 3. The lowest BCUT2D eigenvalue weighted by atomic mass is 9.95. The number of nitrogens with one attached hydrogen (secondary N) is 1. The molecular weight excluding hydrogens is 336 g/mol. The van der Waals surface area contributed by atoms with Crippen molar-refractivity contribution in [3.05, 3.63) is 47.7 Å². The molecule has 0 atom stereocenters. The smallest absolute Gasteiger partial charge is 0.232 e. The zero-order valence-electron chi connectivity index (χ0n) is 14.8. The number of pyridine rings is 1. The topological polar surface area (TPSA) is 59.8 Å². The molecular formula is C19H21ClN4O. The van der Waals surface area contributed by atoms with E-state index in [9.17, 15) is 4.79 Å². The zero-order valence-corrected chi connectivity index (χ0v) is 15.6. The van der Waals surface area contributed by atoms with Crippen LogP contribution in [0.25, 0.3) is 16.7 Å². The minimum absolute atomic E-state index is 0.152. The largest absolute Gasteiger partial charge is 0.310 e. The number of hydrogen-bond donors (Lipinski definition) is 1. The summed E-state index contributed by atoms with van der Waals surface area (Å²) in [6, 6.07) is 11.8. The first-order chi connectivity index (χ1) is 11.8. The fourth-order valence-corrected chi connectivity index (χ4v) is 2.67. The van der Waals surface area contributed by atoms with Crippen molar-refractivity contribution in [2.75, 3.05) is 11.2 Å². The second-order valence-electron chi connectivity index (χ2n) is 6.87. The van der Waals surface area contributed by atoms with Gasteiger partial charge in [-0.2, -0.15) is 9.78 Å². The SMILES string of the molecule is Cc1cc(NC(=O)C(C)(C)CCl)n(-c2cc(C)c3ccccc3n2)n1. The molecule has 0 saturated heterocycles. The van der Waals surface area contributed by atoms with Crippen LogP contribution in [0.2, 0.25) is 0 Å². The second kappa shape index (κ2) is 6.48. The quantitative estimate of drug-likeness (QED) is 0.711. The number of para-hydroxylation sites is 1. The van der Waals surface area contributed by atoms with Gasteiger partial charge in [0.15, 0.2) is 5.82 Å². The molecule has 6 heteroatoms. The Morgan fingerprint density at radius 1 is 1.24 bits per heavy atom. The molecule has 0 spiro atoms. The van der Waals surface area contributed by atoms with Gasteiger partial charge in [0, 0.05) is 17.3 Å². The first-order valence-corrected chi connectivity index (χ1v) is 8.66. The van der Waals surface area contributed by atoms with E-state index in [1.54, 1.807) is 18.5 Å². The van der Waals surface area contributed by atoms with Crippen LogP contribution in [0.5, 0.6) is 0 Å². The molecule has 0 fully saturated rings. The molecule has 2 aromatic heterocycles. The molecule has 1 amide bonds. The van der Waals surface area contributed by atoms with E-state index in [1.807, 2.05) is 50.2 Å². The standard InChI is InChI=1S/C19H21ClN4O/c1-12-9-16(21-15-8-6-5-7-14(12)15)24-17(10-13(2)23-24)22-18(25)19(3,4)11-20/h5-10H,11H2,1-4H3,(H,22,25). The predicted octanol–water partition coefficient (Wildman–Crippen LogP) is 4.24. The second-order valence-corrected chi connectivity index (χ2v) is 7.14. The number of aryl methyl sites for hydroxylation is 2. The molecule has 0 radical (unpaired) electrons. The number of rotatable bonds is 4. The van der Waals surface area contributed by atoms with E-state index in [0.29, 0.717) is 11.6 Å². The number of carbonyl (C=O) groups is 1. The van der Waals surface area contributed by atoms with Gasteiger partial charge in [-0.25, -0.2) is 4.98 Å². The number of halogens is 1. The molecule has 0 aliphatic heterocycles. The number of anilines is 1. The zero-order chi connectivity index (χ0) is 18.2. The Morgan fingerprint density at radius 2 is 1.96 bits per heavy atom. The van der Waals surface area contributed by atoms with E-state index < -0.39 is 5.41 Å². The first-order valence-electron chi connectivity index (χ1n) is 8.13. The molecule has 3 rings (SSSR count). The molecule has 2 heterocycles. The van der Waals surface area contributed by atoms with Crippen LogP contribution in [0, 0.1) is 19.3 Å². The predicted molar refractivity (Wildman–Crippen MR) is 101 cm³/mol. The molecule has 3 aromatic rings. The molecule has 0 saturated carbocycles. The summed E-state index contributed by atoms with van der Waals surface area (Å²) in [4.78, 5) is 17.2. The average Bonchev–Trinajstić information content (AvgIpc) is 2.95. The van der Waals surface area contributed by atoms with Gasteiger partial charge in [-0.1, -0.05) is 18.2 Å². The maximum atomic E-state index is 12.5. The molecule has 0 bridgehead atoms. The lowest BCUT2D eigenvalue weighted by molar-refractivity contribution is -0.123. The van der Waals surface area contributed by atoms with Crippen LogP contribution >= 0.6 is 11.6 Å². The van der Waals surface area contributed by atoms with Crippen molar-refractivity contribution >= 4 is 34.2 Å². The summed E-state index contributed by atoms with van der Waals surface area (Å²) in [5, 5.41) is 8.52. The summed E-state index contributed by atoms with van der Waals surface area (Å²) in [5.41, 5.74) is 2.12. The molecule has 0 aliphatic rings. The van der Waals surface area contributed by atoms with E-state index in [2.05, 4.69) is 10.4 Å². The number of fused-ring (bicyclic) bond motifs is 1. The third-order valence-electron chi connectivity index (χ3n) is 4.15. The highest BCUT2D eigenvalue weighted by Crippen LogP contribution is 2.24. The van der Waals surface area contributed by atoms with Gasteiger partial charge >= 0.3 is 0 Å². The highest BCUT2D eigenvalue weighted by atomic mass is 35.5. The number of alkyl halides is 1. The van der Waals surface area contributed by atoms with Gasteiger partial charge in [0.2, 0.25) is 5.91 Å². The summed E-state index contributed by atoms with van der Waals surface area (Å²) in [5.74, 6) is 1.34. The number of hydrogen-bond acceptors (Lipinski definition) is 3. The summed E-state index contributed by atoms with van der Waals surface area (Å²) in [6.45, 7) is 7.54. The molecule has 1 aromatic carbocycles. The van der Waals surface area contributed by atoms with Crippen molar-refractivity contribution in [3.63, 3.8) is 0 Å².